The second-order valence-corrected chi connectivity index (χ2v) is 5.22. The SMILES string of the molecule is C1COC2(CC3C4CCC4CC32)O1. The van der Waals surface area contributed by atoms with Crippen molar-refractivity contribution in [1.82, 2.24) is 0 Å². The molecule has 1 saturated heterocycles. The van der Waals surface area contributed by atoms with Crippen molar-refractivity contribution in [2.45, 2.75) is 31.5 Å². The average molecular weight is 180 g/mol. The molecule has 0 aromatic rings. The van der Waals surface area contributed by atoms with Crippen LogP contribution in [0.4, 0.5) is 0 Å². The zero-order valence-corrected chi connectivity index (χ0v) is 7.87. The van der Waals surface area contributed by atoms with Gasteiger partial charge in [0.2, 0.25) is 0 Å². The first kappa shape index (κ1) is 7.24. The van der Waals surface area contributed by atoms with Crippen LogP contribution in [-0.2, 0) is 9.47 Å². The number of fused-ring (bicyclic) bond motifs is 4. The molecule has 0 aromatic carbocycles. The van der Waals surface area contributed by atoms with Gasteiger partial charge in [-0.2, -0.15) is 0 Å². The molecule has 0 aromatic heterocycles. The van der Waals surface area contributed by atoms with E-state index in [9.17, 15) is 0 Å². The fourth-order valence-electron chi connectivity index (χ4n) is 4.17. The Bertz CT molecular complexity index is 244. The van der Waals surface area contributed by atoms with Crippen molar-refractivity contribution >= 4 is 0 Å². The summed E-state index contributed by atoms with van der Waals surface area (Å²) in [7, 11) is 0. The van der Waals surface area contributed by atoms with Crippen LogP contribution in [0, 0.1) is 23.7 Å². The molecule has 0 radical (unpaired) electrons. The zero-order chi connectivity index (χ0) is 8.47. The van der Waals surface area contributed by atoms with E-state index in [4.69, 9.17) is 9.47 Å². The van der Waals surface area contributed by atoms with Crippen molar-refractivity contribution in [2.75, 3.05) is 13.2 Å². The normalized spacial score (nSPS) is 55.4. The minimum atomic E-state index is -0.0813. The van der Waals surface area contributed by atoms with Gasteiger partial charge in [0.15, 0.2) is 5.79 Å². The molecule has 1 heterocycles. The largest absolute Gasteiger partial charge is 0.347 e. The molecule has 3 saturated carbocycles. The first-order valence-electron chi connectivity index (χ1n) is 5.67. The fourth-order valence-corrected chi connectivity index (χ4v) is 4.17. The summed E-state index contributed by atoms with van der Waals surface area (Å²) in [5.74, 6) is 3.76. The van der Waals surface area contributed by atoms with Gasteiger partial charge in [0.05, 0.1) is 13.2 Å². The summed E-state index contributed by atoms with van der Waals surface area (Å²) in [5, 5.41) is 0. The van der Waals surface area contributed by atoms with Gasteiger partial charge in [-0.1, -0.05) is 0 Å². The van der Waals surface area contributed by atoms with Crippen molar-refractivity contribution < 1.29 is 9.47 Å². The van der Waals surface area contributed by atoms with Crippen molar-refractivity contribution in [3.8, 4) is 0 Å². The Morgan fingerprint density at radius 1 is 1.00 bits per heavy atom. The van der Waals surface area contributed by atoms with E-state index >= 15 is 0 Å². The second-order valence-electron chi connectivity index (χ2n) is 5.22. The molecule has 13 heavy (non-hydrogen) atoms. The van der Waals surface area contributed by atoms with Crippen LogP contribution in [0.1, 0.15) is 25.7 Å². The van der Waals surface area contributed by atoms with Gasteiger partial charge in [-0.15, -0.1) is 0 Å². The molecule has 2 nitrogen and oxygen atoms in total. The molecule has 4 atom stereocenters. The maximum Gasteiger partial charge on any atom is 0.171 e. The van der Waals surface area contributed by atoms with E-state index in [1.165, 1.54) is 25.7 Å². The molecule has 4 unspecified atom stereocenters. The van der Waals surface area contributed by atoms with Gasteiger partial charge < -0.3 is 9.47 Å². The van der Waals surface area contributed by atoms with Gasteiger partial charge in [-0.25, -0.2) is 0 Å². The highest BCUT2D eigenvalue weighted by Crippen LogP contribution is 2.66. The summed E-state index contributed by atoms with van der Waals surface area (Å²) in [6.07, 6.45) is 5.57. The van der Waals surface area contributed by atoms with E-state index in [1.54, 1.807) is 0 Å². The predicted molar refractivity (Wildman–Crippen MR) is 47.1 cm³/mol. The van der Waals surface area contributed by atoms with E-state index < -0.39 is 0 Å². The maximum absolute atomic E-state index is 5.79. The van der Waals surface area contributed by atoms with E-state index in [1.807, 2.05) is 0 Å². The first-order chi connectivity index (χ1) is 6.39. The average Bonchev–Trinajstić information content (AvgIpc) is 2.57. The molecule has 1 aliphatic heterocycles. The van der Waals surface area contributed by atoms with Gasteiger partial charge in [0.1, 0.15) is 0 Å². The third-order valence-corrected chi connectivity index (χ3v) is 4.96. The van der Waals surface area contributed by atoms with Crippen LogP contribution < -0.4 is 0 Å². The predicted octanol–water partition coefficient (Wildman–Crippen LogP) is 1.80. The van der Waals surface area contributed by atoms with Crippen LogP contribution in [0.25, 0.3) is 0 Å². The Balaban J connectivity index is 1.61. The van der Waals surface area contributed by atoms with E-state index in [-0.39, 0.29) is 5.79 Å². The molecule has 4 aliphatic rings. The number of rotatable bonds is 0. The van der Waals surface area contributed by atoms with Crippen molar-refractivity contribution in [2.24, 2.45) is 23.7 Å². The van der Waals surface area contributed by atoms with Crippen LogP contribution in [-0.4, -0.2) is 19.0 Å². The van der Waals surface area contributed by atoms with Crippen LogP contribution in [0.15, 0.2) is 0 Å². The van der Waals surface area contributed by atoms with Crippen LogP contribution in [0.3, 0.4) is 0 Å². The van der Waals surface area contributed by atoms with Gasteiger partial charge in [-0.05, 0) is 37.0 Å². The molecule has 72 valence electrons. The lowest BCUT2D eigenvalue weighted by Gasteiger charge is -2.50. The molecule has 3 aliphatic carbocycles. The third-order valence-electron chi connectivity index (χ3n) is 4.96. The van der Waals surface area contributed by atoms with Crippen LogP contribution in [0.2, 0.25) is 0 Å². The fraction of sp³-hybridized carbons (Fsp3) is 1.00. The summed E-state index contributed by atoms with van der Waals surface area (Å²) in [6.45, 7) is 1.66. The topological polar surface area (TPSA) is 18.5 Å². The molecular formula is C11H16O2. The molecule has 0 N–H and O–H groups in total. The highest BCUT2D eigenvalue weighted by molar-refractivity contribution is 5.10. The Morgan fingerprint density at radius 3 is 2.46 bits per heavy atom. The van der Waals surface area contributed by atoms with Crippen molar-refractivity contribution in [1.29, 1.82) is 0 Å². The first-order valence-corrected chi connectivity index (χ1v) is 5.67. The molecule has 4 fully saturated rings. The highest BCUT2D eigenvalue weighted by Gasteiger charge is 2.66. The number of hydrogen-bond acceptors (Lipinski definition) is 2. The summed E-state index contributed by atoms with van der Waals surface area (Å²) in [5.41, 5.74) is 0. The molecule has 0 amide bonds. The minimum absolute atomic E-state index is 0.0813. The Labute approximate surface area is 78.6 Å². The van der Waals surface area contributed by atoms with Crippen molar-refractivity contribution in [3.05, 3.63) is 0 Å². The zero-order valence-electron chi connectivity index (χ0n) is 7.87. The molecule has 2 heteroatoms. The Morgan fingerprint density at radius 2 is 1.85 bits per heavy atom. The van der Waals surface area contributed by atoms with Gasteiger partial charge in [0, 0.05) is 12.3 Å². The highest BCUT2D eigenvalue weighted by atomic mass is 16.7. The minimum Gasteiger partial charge on any atom is -0.347 e. The summed E-state index contributed by atoms with van der Waals surface area (Å²) < 4.78 is 11.6. The number of hydrogen-bond donors (Lipinski definition) is 0. The number of ether oxygens (including phenoxy) is 2. The standard InChI is InChI=1S/C11H16O2/c1-2-8-7(1)5-10-9(8)6-11(10)12-3-4-13-11/h7-10H,1-6H2. The summed E-state index contributed by atoms with van der Waals surface area (Å²) in [4.78, 5) is 0. The quantitative estimate of drug-likeness (QED) is 0.566. The Kier molecular flexibility index (Phi) is 1.18. The lowest BCUT2D eigenvalue weighted by molar-refractivity contribution is -0.272. The Hall–Kier alpha value is -0.0800. The lowest BCUT2D eigenvalue weighted by Crippen LogP contribution is -2.54. The van der Waals surface area contributed by atoms with Crippen LogP contribution in [0.5, 0.6) is 0 Å². The second kappa shape index (κ2) is 2.12. The van der Waals surface area contributed by atoms with Gasteiger partial charge in [0.25, 0.3) is 0 Å². The lowest BCUT2D eigenvalue weighted by atomic mass is 9.64. The van der Waals surface area contributed by atoms with Gasteiger partial charge in [-0.3, -0.25) is 0 Å². The summed E-state index contributed by atoms with van der Waals surface area (Å²) >= 11 is 0. The molecule has 4 rings (SSSR count). The molecular weight excluding hydrogens is 164 g/mol. The maximum atomic E-state index is 5.79. The van der Waals surface area contributed by atoms with Crippen LogP contribution >= 0.6 is 0 Å². The molecule has 1 spiro atoms. The van der Waals surface area contributed by atoms with E-state index in [2.05, 4.69) is 0 Å². The summed E-state index contributed by atoms with van der Waals surface area (Å²) in [6, 6.07) is 0. The molecule has 0 bridgehead atoms. The smallest absolute Gasteiger partial charge is 0.171 e. The van der Waals surface area contributed by atoms with Crippen molar-refractivity contribution in [3.63, 3.8) is 0 Å². The van der Waals surface area contributed by atoms with Gasteiger partial charge >= 0.3 is 0 Å². The van der Waals surface area contributed by atoms with E-state index in [0.717, 1.165) is 36.9 Å². The van der Waals surface area contributed by atoms with E-state index in [0.29, 0.717) is 0 Å². The third kappa shape index (κ3) is 0.701. The monoisotopic (exact) mass is 180 g/mol.